The quantitative estimate of drug-likeness (QED) is 0.742. The molecule has 6 nitrogen and oxygen atoms in total. The monoisotopic (exact) mass is 337 g/mol. The Hall–Kier alpha value is -3.15. The molecule has 1 N–H and O–H groups in total. The number of para-hydroxylation sites is 1. The molecule has 0 radical (unpaired) electrons. The first-order valence-corrected chi connectivity index (χ1v) is 8.01. The molecule has 128 valence electrons. The van der Waals surface area contributed by atoms with Crippen molar-refractivity contribution < 1.29 is 14.3 Å². The largest absolute Gasteiger partial charge is 0.465 e. The van der Waals surface area contributed by atoms with E-state index in [9.17, 15) is 9.59 Å². The van der Waals surface area contributed by atoms with Crippen LogP contribution in [0.2, 0.25) is 0 Å². The van der Waals surface area contributed by atoms with Crippen molar-refractivity contribution in [2.45, 2.75) is 20.3 Å². The second-order valence-corrected chi connectivity index (χ2v) is 5.69. The van der Waals surface area contributed by atoms with Crippen LogP contribution in [0.25, 0.3) is 5.65 Å². The van der Waals surface area contributed by atoms with E-state index in [0.717, 1.165) is 5.56 Å². The highest BCUT2D eigenvalue weighted by Gasteiger charge is 2.20. The fraction of sp³-hybridized carbons (Fsp3) is 0.211. The number of pyridine rings is 1. The molecule has 6 heteroatoms. The summed E-state index contributed by atoms with van der Waals surface area (Å²) in [5, 5.41) is 2.81. The lowest BCUT2D eigenvalue weighted by atomic mass is 10.1. The highest BCUT2D eigenvalue weighted by molar-refractivity contribution is 6.08. The Morgan fingerprint density at radius 2 is 1.96 bits per heavy atom. The van der Waals surface area contributed by atoms with Crippen LogP contribution in [-0.2, 0) is 11.2 Å². The minimum atomic E-state index is -0.499. The van der Waals surface area contributed by atoms with Gasteiger partial charge in [0.05, 0.1) is 24.1 Å². The first kappa shape index (κ1) is 16.7. The summed E-state index contributed by atoms with van der Waals surface area (Å²) >= 11 is 0. The van der Waals surface area contributed by atoms with E-state index in [1.165, 1.54) is 7.11 Å². The number of nitrogens with zero attached hydrogens (tertiary/aromatic N) is 2. The predicted octanol–water partition coefficient (Wildman–Crippen LogP) is 3.24. The molecule has 0 atom stereocenters. The van der Waals surface area contributed by atoms with Crippen molar-refractivity contribution in [3.8, 4) is 0 Å². The van der Waals surface area contributed by atoms with Crippen molar-refractivity contribution in [2.24, 2.45) is 0 Å². The van der Waals surface area contributed by atoms with Crippen LogP contribution in [0.4, 0.5) is 5.69 Å². The molecule has 0 unspecified atom stereocenters. The standard InChI is InChI=1S/C19H19N3O3/c1-4-14-17(22-11-12(2)9-10-16(22)20-14)18(23)21-15-8-6-5-7-13(15)19(24)25-3/h5-11H,4H2,1-3H3,(H,21,23). The second-order valence-electron chi connectivity index (χ2n) is 5.69. The van der Waals surface area contributed by atoms with Gasteiger partial charge in [-0.05, 0) is 37.1 Å². The van der Waals surface area contributed by atoms with Crippen molar-refractivity contribution >= 4 is 23.2 Å². The van der Waals surface area contributed by atoms with E-state index >= 15 is 0 Å². The molecule has 25 heavy (non-hydrogen) atoms. The number of carbonyl (C=O) groups excluding carboxylic acids is 2. The van der Waals surface area contributed by atoms with Crippen LogP contribution < -0.4 is 5.32 Å². The summed E-state index contributed by atoms with van der Waals surface area (Å²) in [4.78, 5) is 29.3. The van der Waals surface area contributed by atoms with Crippen LogP contribution in [0.1, 0.15) is 39.0 Å². The molecule has 2 heterocycles. The maximum absolute atomic E-state index is 12.9. The number of hydrogen-bond acceptors (Lipinski definition) is 4. The smallest absolute Gasteiger partial charge is 0.339 e. The number of hydrogen-bond donors (Lipinski definition) is 1. The van der Waals surface area contributed by atoms with Crippen LogP contribution in [0.5, 0.6) is 0 Å². The van der Waals surface area contributed by atoms with Gasteiger partial charge in [0.1, 0.15) is 11.3 Å². The number of esters is 1. The van der Waals surface area contributed by atoms with Gasteiger partial charge in [0.15, 0.2) is 0 Å². The zero-order valence-electron chi connectivity index (χ0n) is 14.4. The Balaban J connectivity index is 2.04. The molecule has 1 amide bonds. The lowest BCUT2D eigenvalue weighted by molar-refractivity contribution is 0.0602. The van der Waals surface area contributed by atoms with Crippen molar-refractivity contribution in [3.63, 3.8) is 0 Å². The molecule has 2 aromatic heterocycles. The second kappa shape index (κ2) is 6.76. The van der Waals surface area contributed by atoms with E-state index in [4.69, 9.17) is 4.74 Å². The third-order valence-corrected chi connectivity index (χ3v) is 3.97. The summed E-state index contributed by atoms with van der Waals surface area (Å²) in [7, 11) is 1.31. The van der Waals surface area contributed by atoms with E-state index in [-0.39, 0.29) is 5.91 Å². The summed E-state index contributed by atoms with van der Waals surface area (Å²) in [6, 6.07) is 10.6. The van der Waals surface area contributed by atoms with Crippen LogP contribution in [-0.4, -0.2) is 28.4 Å². The van der Waals surface area contributed by atoms with Gasteiger partial charge >= 0.3 is 5.97 Å². The average molecular weight is 337 g/mol. The van der Waals surface area contributed by atoms with E-state index in [1.54, 1.807) is 28.7 Å². The molecule has 0 bridgehead atoms. The van der Waals surface area contributed by atoms with Crippen LogP contribution in [0.15, 0.2) is 42.6 Å². The number of amides is 1. The fourth-order valence-corrected chi connectivity index (χ4v) is 2.75. The molecule has 3 rings (SSSR count). The predicted molar refractivity (Wildman–Crippen MR) is 95.0 cm³/mol. The number of fused-ring (bicyclic) bond motifs is 1. The van der Waals surface area contributed by atoms with Crippen molar-refractivity contribution in [3.05, 3.63) is 65.1 Å². The van der Waals surface area contributed by atoms with Crippen LogP contribution >= 0.6 is 0 Å². The van der Waals surface area contributed by atoms with Gasteiger partial charge in [-0.25, -0.2) is 9.78 Å². The van der Waals surface area contributed by atoms with Crippen molar-refractivity contribution in [2.75, 3.05) is 12.4 Å². The highest BCUT2D eigenvalue weighted by Crippen LogP contribution is 2.20. The minimum Gasteiger partial charge on any atom is -0.465 e. The van der Waals surface area contributed by atoms with Gasteiger partial charge in [-0.3, -0.25) is 9.20 Å². The summed E-state index contributed by atoms with van der Waals surface area (Å²) in [6.07, 6.45) is 2.50. The molecular formula is C19H19N3O3. The third kappa shape index (κ3) is 3.10. The van der Waals surface area contributed by atoms with Gasteiger partial charge in [0.2, 0.25) is 0 Å². The number of benzene rings is 1. The maximum Gasteiger partial charge on any atom is 0.339 e. The number of carbonyl (C=O) groups is 2. The van der Waals surface area contributed by atoms with Gasteiger partial charge in [0, 0.05) is 6.20 Å². The third-order valence-electron chi connectivity index (χ3n) is 3.97. The number of methoxy groups -OCH3 is 1. The Bertz CT molecular complexity index is 960. The van der Waals surface area contributed by atoms with E-state index in [0.29, 0.717) is 34.7 Å². The number of aryl methyl sites for hydroxylation is 2. The van der Waals surface area contributed by atoms with Gasteiger partial charge in [-0.1, -0.05) is 25.1 Å². The molecule has 0 fully saturated rings. The maximum atomic E-state index is 12.9. The molecule has 0 aliphatic carbocycles. The SMILES string of the molecule is CCc1nc2ccc(C)cn2c1C(=O)Nc1ccccc1C(=O)OC. The molecular weight excluding hydrogens is 318 g/mol. The zero-order valence-corrected chi connectivity index (χ0v) is 14.4. The van der Waals surface area contributed by atoms with Crippen molar-refractivity contribution in [1.82, 2.24) is 9.38 Å². The fourth-order valence-electron chi connectivity index (χ4n) is 2.75. The molecule has 0 spiro atoms. The zero-order chi connectivity index (χ0) is 18.0. The van der Waals surface area contributed by atoms with Crippen LogP contribution in [0.3, 0.4) is 0 Å². The number of anilines is 1. The topological polar surface area (TPSA) is 72.7 Å². The van der Waals surface area contributed by atoms with Gasteiger partial charge in [-0.15, -0.1) is 0 Å². The van der Waals surface area contributed by atoms with Gasteiger partial charge in [0.25, 0.3) is 5.91 Å². The highest BCUT2D eigenvalue weighted by atomic mass is 16.5. The molecule has 1 aromatic carbocycles. The molecule has 0 saturated carbocycles. The summed E-state index contributed by atoms with van der Waals surface area (Å²) in [6.45, 7) is 3.91. The first-order valence-electron chi connectivity index (χ1n) is 8.01. The number of aromatic nitrogens is 2. The summed E-state index contributed by atoms with van der Waals surface area (Å²) < 4.78 is 6.55. The van der Waals surface area contributed by atoms with Crippen LogP contribution in [0, 0.1) is 6.92 Å². The molecule has 0 aliphatic rings. The van der Waals surface area contributed by atoms with E-state index < -0.39 is 5.97 Å². The number of ether oxygens (including phenoxy) is 1. The number of rotatable bonds is 4. The summed E-state index contributed by atoms with van der Waals surface area (Å²) in [5.74, 6) is -0.813. The minimum absolute atomic E-state index is 0.307. The van der Waals surface area contributed by atoms with Gasteiger partial charge < -0.3 is 10.1 Å². The Morgan fingerprint density at radius 3 is 2.68 bits per heavy atom. The number of imidazole rings is 1. The first-order chi connectivity index (χ1) is 12.0. The molecule has 0 aliphatic heterocycles. The van der Waals surface area contributed by atoms with E-state index in [1.807, 2.05) is 32.2 Å². The molecule has 3 aromatic rings. The summed E-state index contributed by atoms with van der Waals surface area (Å²) in [5.41, 5.74) is 3.63. The van der Waals surface area contributed by atoms with Gasteiger partial charge in [-0.2, -0.15) is 0 Å². The van der Waals surface area contributed by atoms with Crippen molar-refractivity contribution in [1.29, 1.82) is 0 Å². The van der Waals surface area contributed by atoms with E-state index in [2.05, 4.69) is 10.3 Å². The normalized spacial score (nSPS) is 10.7. The Labute approximate surface area is 145 Å². The lowest BCUT2D eigenvalue weighted by Crippen LogP contribution is -2.18. The Morgan fingerprint density at radius 1 is 1.20 bits per heavy atom. The number of nitrogens with one attached hydrogen (secondary N) is 1. The average Bonchev–Trinajstić information content (AvgIpc) is 2.99. The Kier molecular flexibility index (Phi) is 4.52. The molecule has 0 saturated heterocycles. The lowest BCUT2D eigenvalue weighted by Gasteiger charge is -2.10.